The molecule has 0 aromatic heterocycles. The molecule has 0 aliphatic carbocycles. The highest BCUT2D eigenvalue weighted by Crippen LogP contribution is 2.27. The van der Waals surface area contributed by atoms with Crippen LogP contribution < -0.4 is 0 Å². The van der Waals surface area contributed by atoms with Crippen molar-refractivity contribution in [2.75, 3.05) is 0 Å². The van der Waals surface area contributed by atoms with Crippen molar-refractivity contribution in [3.8, 4) is 0 Å². The molecule has 2 aromatic rings. The van der Waals surface area contributed by atoms with Crippen molar-refractivity contribution in [2.45, 2.75) is 25.6 Å². The number of hydrogen-bond donors (Lipinski definition) is 0. The number of benzene rings is 2. The van der Waals surface area contributed by atoms with E-state index in [2.05, 4.69) is 60.1 Å². The molecule has 0 aliphatic heterocycles. The molecule has 94 valence electrons. The highest BCUT2D eigenvalue weighted by atomic mass is 79.9. The second-order valence-electron chi connectivity index (χ2n) is 4.72. The zero-order valence-electron chi connectivity index (χ0n) is 10.6. The zero-order valence-corrected chi connectivity index (χ0v) is 12.9. The molecule has 2 rings (SSSR count). The van der Waals surface area contributed by atoms with Gasteiger partial charge in [0.15, 0.2) is 0 Å². The van der Waals surface area contributed by atoms with Crippen molar-refractivity contribution in [3.05, 3.63) is 69.2 Å². The SMILES string of the molecule is Cc1cc(C)cc(C(Cl)Cc2cccc(Br)c2)c1. The Hall–Kier alpha value is -0.790. The minimum Gasteiger partial charge on any atom is -0.117 e. The maximum absolute atomic E-state index is 6.52. The van der Waals surface area contributed by atoms with Crippen LogP contribution in [0.4, 0.5) is 0 Å². The van der Waals surface area contributed by atoms with Gasteiger partial charge in [-0.3, -0.25) is 0 Å². The van der Waals surface area contributed by atoms with E-state index in [0.29, 0.717) is 0 Å². The van der Waals surface area contributed by atoms with Gasteiger partial charge in [0, 0.05) is 4.47 Å². The van der Waals surface area contributed by atoms with Crippen LogP contribution in [0.1, 0.15) is 27.6 Å². The van der Waals surface area contributed by atoms with Gasteiger partial charge < -0.3 is 0 Å². The summed E-state index contributed by atoms with van der Waals surface area (Å²) in [7, 11) is 0. The molecule has 0 fully saturated rings. The topological polar surface area (TPSA) is 0 Å². The Morgan fingerprint density at radius 2 is 1.72 bits per heavy atom. The van der Waals surface area contributed by atoms with Crippen LogP contribution in [-0.2, 0) is 6.42 Å². The third-order valence-electron chi connectivity index (χ3n) is 2.91. The Bertz CT molecular complexity index is 528. The Morgan fingerprint density at radius 1 is 1.06 bits per heavy atom. The van der Waals surface area contributed by atoms with Crippen LogP contribution in [-0.4, -0.2) is 0 Å². The van der Waals surface area contributed by atoms with Crippen molar-refractivity contribution in [1.82, 2.24) is 0 Å². The van der Waals surface area contributed by atoms with Crippen molar-refractivity contribution in [2.24, 2.45) is 0 Å². The highest BCUT2D eigenvalue weighted by molar-refractivity contribution is 9.10. The monoisotopic (exact) mass is 322 g/mol. The van der Waals surface area contributed by atoms with E-state index in [1.54, 1.807) is 0 Å². The Labute approximate surface area is 122 Å². The maximum atomic E-state index is 6.52. The van der Waals surface area contributed by atoms with E-state index in [1.807, 2.05) is 12.1 Å². The first-order valence-corrected chi connectivity index (χ1v) is 7.24. The van der Waals surface area contributed by atoms with Gasteiger partial charge in [0.05, 0.1) is 5.38 Å². The zero-order chi connectivity index (χ0) is 13.1. The minimum atomic E-state index is 0.0258. The molecular formula is C16H16BrCl. The number of halogens is 2. The summed E-state index contributed by atoms with van der Waals surface area (Å²) < 4.78 is 1.10. The molecule has 0 heterocycles. The normalized spacial score (nSPS) is 12.4. The number of hydrogen-bond acceptors (Lipinski definition) is 0. The van der Waals surface area contributed by atoms with Crippen LogP contribution in [0.15, 0.2) is 46.9 Å². The molecule has 0 nitrogen and oxygen atoms in total. The van der Waals surface area contributed by atoms with E-state index in [1.165, 1.54) is 22.3 Å². The molecule has 0 bridgehead atoms. The number of rotatable bonds is 3. The molecule has 0 amide bonds. The van der Waals surface area contributed by atoms with Gasteiger partial charge >= 0.3 is 0 Å². The summed E-state index contributed by atoms with van der Waals surface area (Å²) in [4.78, 5) is 0. The van der Waals surface area contributed by atoms with Crippen LogP contribution in [0, 0.1) is 13.8 Å². The number of aryl methyl sites for hydroxylation is 2. The molecule has 0 spiro atoms. The van der Waals surface area contributed by atoms with Gasteiger partial charge in [-0.25, -0.2) is 0 Å². The summed E-state index contributed by atoms with van der Waals surface area (Å²) in [5.74, 6) is 0. The average Bonchev–Trinajstić information content (AvgIpc) is 2.27. The second-order valence-corrected chi connectivity index (χ2v) is 6.17. The second kappa shape index (κ2) is 5.90. The summed E-state index contributed by atoms with van der Waals surface area (Å²) in [6, 6.07) is 14.8. The molecule has 1 unspecified atom stereocenters. The van der Waals surface area contributed by atoms with E-state index in [-0.39, 0.29) is 5.38 Å². The summed E-state index contributed by atoms with van der Waals surface area (Å²) in [5, 5.41) is 0.0258. The first kappa shape index (κ1) is 13.6. The molecule has 0 saturated carbocycles. The summed E-state index contributed by atoms with van der Waals surface area (Å²) in [6.45, 7) is 4.22. The molecule has 0 radical (unpaired) electrons. The van der Waals surface area contributed by atoms with E-state index in [0.717, 1.165) is 10.9 Å². The van der Waals surface area contributed by atoms with Crippen molar-refractivity contribution in [3.63, 3.8) is 0 Å². The largest absolute Gasteiger partial charge is 0.117 e. The lowest BCUT2D eigenvalue weighted by molar-refractivity contribution is 0.915. The lowest BCUT2D eigenvalue weighted by Crippen LogP contribution is -1.97. The molecule has 1 atom stereocenters. The predicted octanol–water partition coefficient (Wildman–Crippen LogP) is 5.59. The average molecular weight is 324 g/mol. The highest BCUT2D eigenvalue weighted by Gasteiger charge is 2.10. The molecule has 0 aliphatic rings. The van der Waals surface area contributed by atoms with E-state index in [4.69, 9.17) is 11.6 Å². The Balaban J connectivity index is 2.19. The first-order chi connectivity index (χ1) is 8.54. The Morgan fingerprint density at radius 3 is 2.33 bits per heavy atom. The van der Waals surface area contributed by atoms with Crippen LogP contribution in [0.25, 0.3) is 0 Å². The minimum absolute atomic E-state index is 0.0258. The van der Waals surface area contributed by atoms with E-state index in [9.17, 15) is 0 Å². The molecular weight excluding hydrogens is 308 g/mol. The summed E-state index contributed by atoms with van der Waals surface area (Å²) >= 11 is 10.0. The van der Waals surface area contributed by atoms with Crippen molar-refractivity contribution in [1.29, 1.82) is 0 Å². The fourth-order valence-electron chi connectivity index (χ4n) is 2.18. The van der Waals surface area contributed by atoms with Gasteiger partial charge in [0.25, 0.3) is 0 Å². The smallest absolute Gasteiger partial charge is 0.0625 e. The third kappa shape index (κ3) is 3.60. The summed E-state index contributed by atoms with van der Waals surface area (Å²) in [5.41, 5.74) is 4.99. The Kier molecular flexibility index (Phi) is 4.47. The first-order valence-electron chi connectivity index (χ1n) is 6.01. The lowest BCUT2D eigenvalue weighted by atomic mass is 10.0. The van der Waals surface area contributed by atoms with Crippen LogP contribution in [0.3, 0.4) is 0 Å². The quantitative estimate of drug-likeness (QED) is 0.646. The van der Waals surface area contributed by atoms with Gasteiger partial charge in [0.1, 0.15) is 0 Å². The molecule has 2 heteroatoms. The van der Waals surface area contributed by atoms with Gasteiger partial charge in [-0.15, -0.1) is 11.6 Å². The fourth-order valence-corrected chi connectivity index (χ4v) is 2.93. The van der Waals surface area contributed by atoms with Crippen molar-refractivity contribution < 1.29 is 0 Å². The van der Waals surface area contributed by atoms with E-state index >= 15 is 0 Å². The molecule has 0 saturated heterocycles. The predicted molar refractivity (Wildman–Crippen MR) is 82.4 cm³/mol. The van der Waals surface area contributed by atoms with Gasteiger partial charge in [-0.05, 0) is 43.5 Å². The molecule has 2 aromatic carbocycles. The van der Waals surface area contributed by atoms with Crippen LogP contribution in [0.2, 0.25) is 0 Å². The van der Waals surface area contributed by atoms with Crippen LogP contribution in [0.5, 0.6) is 0 Å². The molecule has 18 heavy (non-hydrogen) atoms. The maximum Gasteiger partial charge on any atom is 0.0625 e. The number of alkyl halides is 1. The van der Waals surface area contributed by atoms with Gasteiger partial charge in [0.2, 0.25) is 0 Å². The van der Waals surface area contributed by atoms with E-state index < -0.39 is 0 Å². The third-order valence-corrected chi connectivity index (χ3v) is 3.81. The summed E-state index contributed by atoms with van der Waals surface area (Å²) in [6.07, 6.45) is 0.851. The lowest BCUT2D eigenvalue weighted by Gasteiger charge is -2.12. The van der Waals surface area contributed by atoms with Crippen LogP contribution >= 0.6 is 27.5 Å². The van der Waals surface area contributed by atoms with Gasteiger partial charge in [-0.1, -0.05) is 57.4 Å². The molecule has 0 N–H and O–H groups in total. The fraction of sp³-hybridized carbons (Fsp3) is 0.250. The standard InChI is InChI=1S/C16H16BrCl/c1-11-6-12(2)8-14(7-11)16(18)10-13-4-3-5-15(17)9-13/h3-9,16H,10H2,1-2H3. The van der Waals surface area contributed by atoms with Crippen molar-refractivity contribution >= 4 is 27.5 Å². The van der Waals surface area contributed by atoms with Gasteiger partial charge in [-0.2, -0.15) is 0 Å².